The molecule has 3 aromatic carbocycles. The van der Waals surface area contributed by atoms with E-state index in [0.29, 0.717) is 10.6 Å². The summed E-state index contributed by atoms with van der Waals surface area (Å²) in [7, 11) is 1.64. The van der Waals surface area contributed by atoms with Crippen LogP contribution in [0, 0.1) is 4.77 Å². The number of nitrogens with zero attached hydrogens (tertiary/aromatic N) is 3. The van der Waals surface area contributed by atoms with Gasteiger partial charge in [-0.25, -0.2) is 5.10 Å². The average molecular weight is 374 g/mol. The van der Waals surface area contributed by atoms with Crippen LogP contribution in [0.1, 0.15) is 12.5 Å². The second-order valence-electron chi connectivity index (χ2n) is 6.14. The number of nitrogens with one attached hydrogen (secondary N) is 1. The molecule has 0 radical (unpaired) electrons. The number of hydrogen-bond donors (Lipinski definition) is 1. The first-order valence-corrected chi connectivity index (χ1v) is 8.93. The van der Waals surface area contributed by atoms with E-state index >= 15 is 0 Å². The van der Waals surface area contributed by atoms with Gasteiger partial charge in [0.25, 0.3) is 0 Å². The summed E-state index contributed by atoms with van der Waals surface area (Å²) in [4.78, 5) is 0. The standard InChI is InChI=1S/C21H18N4OS/c1-14(17-8-7-15-5-3-4-6-18(15)13-17)24-25-20(22-23-21(25)27)16-9-11-19(26-2)12-10-16/h3-13H,1-2H3,(H,23,27). The van der Waals surface area contributed by atoms with Gasteiger partial charge in [0.2, 0.25) is 4.77 Å². The van der Waals surface area contributed by atoms with Gasteiger partial charge >= 0.3 is 0 Å². The highest BCUT2D eigenvalue weighted by molar-refractivity contribution is 7.71. The van der Waals surface area contributed by atoms with Gasteiger partial charge in [-0.2, -0.15) is 14.9 Å². The van der Waals surface area contributed by atoms with Crippen molar-refractivity contribution in [2.24, 2.45) is 5.10 Å². The summed E-state index contributed by atoms with van der Waals surface area (Å²) in [5.74, 6) is 1.44. The van der Waals surface area contributed by atoms with Gasteiger partial charge in [-0.15, -0.1) is 0 Å². The number of hydrogen-bond acceptors (Lipinski definition) is 4. The molecule has 0 bridgehead atoms. The van der Waals surface area contributed by atoms with E-state index in [1.165, 1.54) is 10.8 Å². The zero-order valence-corrected chi connectivity index (χ0v) is 15.8. The Morgan fingerprint density at radius 1 is 1.04 bits per heavy atom. The maximum Gasteiger partial charge on any atom is 0.216 e. The molecule has 0 saturated carbocycles. The fourth-order valence-corrected chi connectivity index (χ4v) is 3.11. The Kier molecular flexibility index (Phi) is 4.56. The van der Waals surface area contributed by atoms with E-state index in [0.717, 1.165) is 22.6 Å². The smallest absolute Gasteiger partial charge is 0.216 e. The highest BCUT2D eigenvalue weighted by Gasteiger charge is 2.10. The largest absolute Gasteiger partial charge is 0.497 e. The summed E-state index contributed by atoms with van der Waals surface area (Å²) in [6.07, 6.45) is 0. The third kappa shape index (κ3) is 3.39. The van der Waals surface area contributed by atoms with Crippen LogP contribution in [-0.2, 0) is 0 Å². The molecule has 0 amide bonds. The molecule has 4 aromatic rings. The van der Waals surface area contributed by atoms with Gasteiger partial charge in [-0.3, -0.25) is 0 Å². The molecule has 0 fully saturated rings. The van der Waals surface area contributed by atoms with Gasteiger partial charge in [0, 0.05) is 5.56 Å². The maximum atomic E-state index is 5.38. The number of aromatic nitrogens is 3. The Labute approximate surface area is 161 Å². The van der Waals surface area contributed by atoms with Gasteiger partial charge < -0.3 is 4.74 Å². The molecule has 4 rings (SSSR count). The lowest BCUT2D eigenvalue weighted by molar-refractivity contribution is 0.415. The van der Waals surface area contributed by atoms with Crippen LogP contribution in [0.3, 0.4) is 0 Å². The zero-order chi connectivity index (χ0) is 18.8. The molecule has 1 aromatic heterocycles. The van der Waals surface area contributed by atoms with Gasteiger partial charge in [-0.1, -0.05) is 36.4 Å². The highest BCUT2D eigenvalue weighted by Crippen LogP contribution is 2.22. The van der Waals surface area contributed by atoms with E-state index in [4.69, 9.17) is 22.1 Å². The average Bonchev–Trinajstić information content (AvgIpc) is 3.08. The van der Waals surface area contributed by atoms with E-state index < -0.39 is 0 Å². The summed E-state index contributed by atoms with van der Waals surface area (Å²) in [5.41, 5.74) is 2.80. The molecule has 5 nitrogen and oxygen atoms in total. The maximum absolute atomic E-state index is 5.38. The minimum absolute atomic E-state index is 0.445. The van der Waals surface area contributed by atoms with Crippen LogP contribution in [0.4, 0.5) is 0 Å². The molecule has 0 aliphatic rings. The van der Waals surface area contributed by atoms with Crippen LogP contribution >= 0.6 is 12.2 Å². The van der Waals surface area contributed by atoms with Crippen molar-refractivity contribution in [3.05, 3.63) is 77.1 Å². The topological polar surface area (TPSA) is 55.2 Å². The number of benzene rings is 3. The molecule has 1 heterocycles. The first-order chi connectivity index (χ1) is 13.2. The minimum atomic E-state index is 0.445. The molecule has 0 unspecified atom stereocenters. The quantitative estimate of drug-likeness (QED) is 0.402. The third-order valence-corrected chi connectivity index (χ3v) is 4.68. The van der Waals surface area contributed by atoms with Gasteiger partial charge in [0.05, 0.1) is 12.8 Å². The lowest BCUT2D eigenvalue weighted by Gasteiger charge is -2.06. The zero-order valence-electron chi connectivity index (χ0n) is 15.0. The molecule has 0 atom stereocenters. The first kappa shape index (κ1) is 17.2. The summed E-state index contributed by atoms with van der Waals surface area (Å²) in [6, 6.07) is 22.2. The van der Waals surface area contributed by atoms with Gasteiger partial charge in [0.15, 0.2) is 5.82 Å². The molecular formula is C21H18N4OS. The van der Waals surface area contributed by atoms with Crippen LogP contribution in [0.5, 0.6) is 5.75 Å². The van der Waals surface area contributed by atoms with E-state index in [-0.39, 0.29) is 0 Å². The van der Waals surface area contributed by atoms with Crippen LogP contribution in [0.15, 0.2) is 71.8 Å². The van der Waals surface area contributed by atoms with E-state index in [1.807, 2.05) is 43.3 Å². The predicted molar refractivity (Wildman–Crippen MR) is 111 cm³/mol. The molecule has 1 N–H and O–H groups in total. The number of methoxy groups -OCH3 is 1. The third-order valence-electron chi connectivity index (χ3n) is 4.42. The second-order valence-corrected chi connectivity index (χ2v) is 6.53. The van der Waals surface area contributed by atoms with Crippen LogP contribution in [0.25, 0.3) is 22.2 Å². The van der Waals surface area contributed by atoms with Crippen LogP contribution in [0.2, 0.25) is 0 Å². The molecule has 6 heteroatoms. The van der Waals surface area contributed by atoms with Crippen molar-refractivity contribution < 1.29 is 4.74 Å². The van der Waals surface area contributed by atoms with Crippen molar-refractivity contribution in [3.8, 4) is 17.1 Å². The molecule has 0 aliphatic heterocycles. The van der Waals surface area contributed by atoms with E-state index in [1.54, 1.807) is 11.8 Å². The summed E-state index contributed by atoms with van der Waals surface area (Å²) >= 11 is 5.38. The molecule has 134 valence electrons. The molecular weight excluding hydrogens is 356 g/mol. The van der Waals surface area contributed by atoms with Crippen molar-refractivity contribution in [2.75, 3.05) is 7.11 Å². The van der Waals surface area contributed by atoms with Crippen molar-refractivity contribution >= 4 is 28.7 Å². The fraction of sp³-hybridized carbons (Fsp3) is 0.0952. The number of rotatable bonds is 4. The first-order valence-electron chi connectivity index (χ1n) is 8.52. The predicted octanol–water partition coefficient (Wildman–Crippen LogP) is 5.04. The van der Waals surface area contributed by atoms with Crippen LogP contribution < -0.4 is 4.74 Å². The number of fused-ring (bicyclic) bond motifs is 1. The number of aromatic amines is 1. The molecule has 27 heavy (non-hydrogen) atoms. The summed E-state index contributed by atoms with van der Waals surface area (Å²) < 4.78 is 7.31. The Morgan fingerprint density at radius 3 is 2.52 bits per heavy atom. The Bertz CT molecular complexity index is 1190. The lowest BCUT2D eigenvalue weighted by atomic mass is 10.0. The SMILES string of the molecule is COc1ccc(-c2n[nH]c(=S)n2N=C(C)c2ccc3ccccc3c2)cc1. The monoisotopic (exact) mass is 374 g/mol. The normalized spacial score (nSPS) is 11.7. The van der Waals surface area contributed by atoms with Crippen molar-refractivity contribution in [1.82, 2.24) is 14.9 Å². The minimum Gasteiger partial charge on any atom is -0.497 e. The van der Waals surface area contributed by atoms with Crippen molar-refractivity contribution in [2.45, 2.75) is 6.92 Å². The van der Waals surface area contributed by atoms with E-state index in [9.17, 15) is 0 Å². The van der Waals surface area contributed by atoms with Crippen LogP contribution in [-0.4, -0.2) is 27.7 Å². The molecule has 0 saturated heterocycles. The Morgan fingerprint density at radius 2 is 1.78 bits per heavy atom. The van der Waals surface area contributed by atoms with Crippen molar-refractivity contribution in [1.29, 1.82) is 0 Å². The molecule has 0 aliphatic carbocycles. The summed E-state index contributed by atoms with van der Waals surface area (Å²) in [6.45, 7) is 1.97. The molecule has 0 spiro atoms. The fourth-order valence-electron chi connectivity index (χ4n) is 2.93. The highest BCUT2D eigenvalue weighted by atomic mass is 32.1. The van der Waals surface area contributed by atoms with Gasteiger partial charge in [-0.05, 0) is 65.8 Å². The Hall–Kier alpha value is -3.25. The lowest BCUT2D eigenvalue weighted by Crippen LogP contribution is -2.01. The second kappa shape index (κ2) is 7.17. The number of ether oxygens (including phenoxy) is 1. The van der Waals surface area contributed by atoms with Gasteiger partial charge in [0.1, 0.15) is 5.75 Å². The van der Waals surface area contributed by atoms with Crippen molar-refractivity contribution in [3.63, 3.8) is 0 Å². The Balaban J connectivity index is 1.76. The van der Waals surface area contributed by atoms with E-state index in [2.05, 4.69) is 40.5 Å². The summed E-state index contributed by atoms with van der Waals surface area (Å²) in [5, 5.41) is 14.3. The number of H-pyrrole nitrogens is 1.